The van der Waals surface area contributed by atoms with Crippen LogP contribution in [0, 0.1) is 11.6 Å². The summed E-state index contributed by atoms with van der Waals surface area (Å²) in [7, 11) is -3.82. The van der Waals surface area contributed by atoms with Gasteiger partial charge >= 0.3 is 0 Å². The van der Waals surface area contributed by atoms with E-state index < -0.39 is 21.7 Å². The molecule has 0 saturated carbocycles. The number of benzene rings is 2. The van der Waals surface area contributed by atoms with Gasteiger partial charge in [-0.1, -0.05) is 0 Å². The van der Waals surface area contributed by atoms with Gasteiger partial charge in [0.15, 0.2) is 11.6 Å². The molecule has 0 fully saturated rings. The number of anilines is 1. The first-order valence-electron chi connectivity index (χ1n) is 6.52. The van der Waals surface area contributed by atoms with E-state index in [0.717, 1.165) is 21.3 Å². The summed E-state index contributed by atoms with van der Waals surface area (Å²) in [5.74, 6) is -2.09. The molecule has 22 heavy (non-hydrogen) atoms. The maximum Gasteiger partial charge on any atom is 0.264 e. The number of thioether (sulfide) groups is 1. The predicted molar refractivity (Wildman–Crippen MR) is 84.8 cm³/mol. The normalized spacial score (nSPS) is 11.5. The quantitative estimate of drug-likeness (QED) is 0.773. The van der Waals surface area contributed by atoms with Crippen LogP contribution in [0.1, 0.15) is 6.92 Å². The molecule has 2 aromatic rings. The molecule has 0 aliphatic rings. The zero-order chi connectivity index (χ0) is 16.3. The summed E-state index contributed by atoms with van der Waals surface area (Å²) >= 11 is 1.50. The second-order valence-electron chi connectivity index (χ2n) is 4.44. The lowest BCUT2D eigenvalue weighted by Gasteiger charge is -2.23. The van der Waals surface area contributed by atoms with Gasteiger partial charge in [-0.3, -0.25) is 4.31 Å². The molecular formula is C15H15F2NO2S2. The molecule has 118 valence electrons. The van der Waals surface area contributed by atoms with Crippen molar-refractivity contribution < 1.29 is 17.2 Å². The molecule has 0 spiro atoms. The van der Waals surface area contributed by atoms with E-state index in [0.29, 0.717) is 0 Å². The summed E-state index contributed by atoms with van der Waals surface area (Å²) in [6, 6.07) is 9.46. The molecule has 0 aromatic heterocycles. The largest absolute Gasteiger partial charge is 0.267 e. The van der Waals surface area contributed by atoms with Crippen LogP contribution in [0.5, 0.6) is 0 Å². The van der Waals surface area contributed by atoms with Crippen LogP contribution in [0.2, 0.25) is 0 Å². The highest BCUT2D eigenvalue weighted by molar-refractivity contribution is 7.98. The topological polar surface area (TPSA) is 37.4 Å². The van der Waals surface area contributed by atoms with E-state index in [4.69, 9.17) is 0 Å². The minimum atomic E-state index is -3.82. The molecule has 0 radical (unpaired) electrons. The molecule has 0 bridgehead atoms. The summed E-state index contributed by atoms with van der Waals surface area (Å²) in [6.45, 7) is 1.74. The Hall–Kier alpha value is -1.60. The van der Waals surface area contributed by atoms with E-state index in [2.05, 4.69) is 0 Å². The summed E-state index contributed by atoms with van der Waals surface area (Å²) in [5.41, 5.74) is 0.0929. The third-order valence-corrected chi connectivity index (χ3v) is 5.79. The molecule has 2 aromatic carbocycles. The van der Waals surface area contributed by atoms with Gasteiger partial charge in [-0.2, -0.15) is 0 Å². The smallest absolute Gasteiger partial charge is 0.264 e. The Bertz CT molecular complexity index is 762. The van der Waals surface area contributed by atoms with Crippen molar-refractivity contribution >= 4 is 27.5 Å². The van der Waals surface area contributed by atoms with Gasteiger partial charge in [-0.15, -0.1) is 11.8 Å². The van der Waals surface area contributed by atoms with Gasteiger partial charge in [-0.05, 0) is 49.6 Å². The number of halogens is 2. The van der Waals surface area contributed by atoms with Gasteiger partial charge in [0.05, 0.1) is 10.6 Å². The summed E-state index contributed by atoms with van der Waals surface area (Å²) in [4.78, 5) is 1.05. The van der Waals surface area contributed by atoms with Crippen LogP contribution in [0.15, 0.2) is 52.3 Å². The predicted octanol–water partition coefficient (Wildman–Crippen LogP) is 3.90. The first kappa shape index (κ1) is 16.8. The maximum atomic E-state index is 13.4. The highest BCUT2D eigenvalue weighted by Gasteiger charge is 2.24. The van der Waals surface area contributed by atoms with Crippen molar-refractivity contribution in [2.24, 2.45) is 0 Å². The lowest BCUT2D eigenvalue weighted by molar-refractivity contribution is 0.508. The monoisotopic (exact) mass is 343 g/mol. The average molecular weight is 343 g/mol. The Morgan fingerprint density at radius 3 is 2.18 bits per heavy atom. The standard InChI is InChI=1S/C15H15F2NO2S2/c1-3-18(11-4-9-14(16)15(17)10-11)22(19,20)13-7-5-12(21-2)6-8-13/h4-10H,3H2,1-2H3. The van der Waals surface area contributed by atoms with E-state index in [1.165, 1.54) is 30.0 Å². The second-order valence-corrected chi connectivity index (χ2v) is 7.19. The fourth-order valence-corrected chi connectivity index (χ4v) is 3.88. The van der Waals surface area contributed by atoms with Crippen molar-refractivity contribution in [3.63, 3.8) is 0 Å². The minimum Gasteiger partial charge on any atom is -0.267 e. The molecule has 0 aliphatic heterocycles. The van der Waals surface area contributed by atoms with Gasteiger partial charge in [0.2, 0.25) is 0 Å². The highest BCUT2D eigenvalue weighted by atomic mass is 32.2. The number of hydrogen-bond acceptors (Lipinski definition) is 3. The van der Waals surface area contributed by atoms with Crippen molar-refractivity contribution in [2.45, 2.75) is 16.7 Å². The van der Waals surface area contributed by atoms with E-state index in [-0.39, 0.29) is 17.1 Å². The molecule has 0 saturated heterocycles. The first-order chi connectivity index (χ1) is 10.4. The van der Waals surface area contributed by atoms with Crippen LogP contribution >= 0.6 is 11.8 Å². The van der Waals surface area contributed by atoms with Crippen molar-refractivity contribution in [1.29, 1.82) is 0 Å². The molecular weight excluding hydrogens is 328 g/mol. The zero-order valence-electron chi connectivity index (χ0n) is 12.1. The van der Waals surface area contributed by atoms with E-state index >= 15 is 0 Å². The Morgan fingerprint density at radius 1 is 1.05 bits per heavy atom. The molecule has 2 rings (SSSR count). The second kappa shape index (κ2) is 6.66. The van der Waals surface area contributed by atoms with Gasteiger partial charge in [0, 0.05) is 17.5 Å². The van der Waals surface area contributed by atoms with Gasteiger partial charge in [-0.25, -0.2) is 17.2 Å². The molecule has 0 N–H and O–H groups in total. The minimum absolute atomic E-state index is 0.0929. The third kappa shape index (κ3) is 3.25. The Balaban J connectivity index is 2.45. The van der Waals surface area contributed by atoms with Crippen LogP contribution in [0.3, 0.4) is 0 Å². The lowest BCUT2D eigenvalue weighted by atomic mass is 10.3. The lowest BCUT2D eigenvalue weighted by Crippen LogP contribution is -2.30. The van der Waals surface area contributed by atoms with Crippen LogP contribution in [-0.4, -0.2) is 21.2 Å². The van der Waals surface area contributed by atoms with Crippen LogP contribution < -0.4 is 4.31 Å². The number of nitrogens with zero attached hydrogens (tertiary/aromatic N) is 1. The molecule has 0 amide bonds. The third-order valence-electron chi connectivity index (χ3n) is 3.13. The zero-order valence-corrected chi connectivity index (χ0v) is 13.7. The fraction of sp³-hybridized carbons (Fsp3) is 0.200. The Labute approximate surface area is 133 Å². The fourth-order valence-electron chi connectivity index (χ4n) is 2.01. The van der Waals surface area contributed by atoms with Gasteiger partial charge in [0.25, 0.3) is 10.0 Å². The molecule has 7 heteroatoms. The van der Waals surface area contributed by atoms with Crippen LogP contribution in [0.4, 0.5) is 14.5 Å². The van der Waals surface area contributed by atoms with Crippen molar-refractivity contribution in [3.8, 4) is 0 Å². The van der Waals surface area contributed by atoms with Crippen molar-refractivity contribution in [3.05, 3.63) is 54.1 Å². The summed E-state index contributed by atoms with van der Waals surface area (Å²) in [6.07, 6.45) is 1.89. The molecule has 0 heterocycles. The van der Waals surface area contributed by atoms with Crippen LogP contribution in [-0.2, 0) is 10.0 Å². The molecule has 0 atom stereocenters. The van der Waals surface area contributed by atoms with Crippen LogP contribution in [0.25, 0.3) is 0 Å². The van der Waals surface area contributed by atoms with Gasteiger partial charge in [0.1, 0.15) is 0 Å². The molecule has 0 unspecified atom stereocenters. The number of rotatable bonds is 5. The SMILES string of the molecule is CCN(c1ccc(F)c(F)c1)S(=O)(=O)c1ccc(SC)cc1. The number of sulfonamides is 1. The Kier molecular flexibility index (Phi) is 5.08. The summed E-state index contributed by atoms with van der Waals surface area (Å²) in [5, 5.41) is 0. The van der Waals surface area contributed by atoms with E-state index in [1.807, 2.05) is 6.26 Å². The molecule has 3 nitrogen and oxygen atoms in total. The van der Waals surface area contributed by atoms with Crippen molar-refractivity contribution in [2.75, 3.05) is 17.1 Å². The Morgan fingerprint density at radius 2 is 1.68 bits per heavy atom. The first-order valence-corrected chi connectivity index (χ1v) is 9.18. The van der Waals surface area contributed by atoms with E-state index in [9.17, 15) is 17.2 Å². The summed E-state index contributed by atoms with van der Waals surface area (Å²) < 4.78 is 52.8. The average Bonchev–Trinajstić information content (AvgIpc) is 2.51. The highest BCUT2D eigenvalue weighted by Crippen LogP contribution is 2.26. The van der Waals surface area contributed by atoms with E-state index in [1.54, 1.807) is 19.1 Å². The van der Waals surface area contributed by atoms with Gasteiger partial charge < -0.3 is 0 Å². The maximum absolute atomic E-state index is 13.4. The molecule has 0 aliphatic carbocycles. The number of hydrogen-bond donors (Lipinski definition) is 0. The van der Waals surface area contributed by atoms with Crippen molar-refractivity contribution in [1.82, 2.24) is 0 Å².